The second-order valence-corrected chi connectivity index (χ2v) is 9.12. The standard InChI is InChI=1S/C21H28N4O3S/c1-22-21(23-12-11-17-7-9-18(10-8-17)29(2,27)28)25-15-13-24(14-16-25)19-5-3-4-6-20(19)26/h3-10,26H,11-16H2,1-2H3,(H,22,23). The summed E-state index contributed by atoms with van der Waals surface area (Å²) >= 11 is 0. The smallest absolute Gasteiger partial charge is 0.193 e. The first-order valence-electron chi connectivity index (χ1n) is 9.66. The number of hydrogen-bond acceptors (Lipinski definition) is 5. The number of rotatable bonds is 5. The van der Waals surface area contributed by atoms with Gasteiger partial charge in [-0.15, -0.1) is 0 Å². The Morgan fingerprint density at radius 3 is 2.31 bits per heavy atom. The number of piperazine rings is 1. The molecule has 1 heterocycles. The molecule has 0 aliphatic carbocycles. The van der Waals surface area contributed by atoms with Crippen LogP contribution in [0.4, 0.5) is 5.69 Å². The first-order chi connectivity index (χ1) is 13.9. The van der Waals surface area contributed by atoms with Gasteiger partial charge in [0, 0.05) is 46.0 Å². The molecular formula is C21H28N4O3S. The third-order valence-electron chi connectivity index (χ3n) is 5.06. The van der Waals surface area contributed by atoms with Crippen molar-refractivity contribution >= 4 is 21.5 Å². The maximum atomic E-state index is 11.5. The van der Waals surface area contributed by atoms with Gasteiger partial charge in [0.05, 0.1) is 10.6 Å². The maximum absolute atomic E-state index is 11.5. The highest BCUT2D eigenvalue weighted by Crippen LogP contribution is 2.27. The molecule has 0 aromatic heterocycles. The number of aliphatic imine (C=N–C) groups is 1. The van der Waals surface area contributed by atoms with Crippen molar-refractivity contribution in [2.75, 3.05) is 50.9 Å². The minimum Gasteiger partial charge on any atom is -0.506 e. The number of aromatic hydroxyl groups is 1. The third-order valence-corrected chi connectivity index (χ3v) is 6.19. The van der Waals surface area contributed by atoms with Crippen LogP contribution in [0.2, 0.25) is 0 Å². The number of guanidine groups is 1. The van der Waals surface area contributed by atoms with E-state index in [1.807, 2.05) is 30.3 Å². The van der Waals surface area contributed by atoms with Gasteiger partial charge in [-0.2, -0.15) is 0 Å². The van der Waals surface area contributed by atoms with Crippen LogP contribution in [0.1, 0.15) is 5.56 Å². The van der Waals surface area contributed by atoms with Crippen molar-refractivity contribution in [1.82, 2.24) is 10.2 Å². The minimum atomic E-state index is -3.16. The summed E-state index contributed by atoms with van der Waals surface area (Å²) in [5, 5.41) is 13.4. The fraction of sp³-hybridized carbons (Fsp3) is 0.381. The molecule has 2 N–H and O–H groups in total. The first-order valence-corrected chi connectivity index (χ1v) is 11.5. The molecule has 0 unspecified atom stereocenters. The minimum absolute atomic E-state index is 0.311. The molecular weight excluding hydrogens is 388 g/mol. The second-order valence-electron chi connectivity index (χ2n) is 7.10. The van der Waals surface area contributed by atoms with Crippen LogP contribution in [0, 0.1) is 0 Å². The Bertz CT molecular complexity index is 950. The molecule has 0 radical (unpaired) electrons. The maximum Gasteiger partial charge on any atom is 0.193 e. The molecule has 0 amide bonds. The molecule has 7 nitrogen and oxygen atoms in total. The topological polar surface area (TPSA) is 85.2 Å². The van der Waals surface area contributed by atoms with E-state index in [1.165, 1.54) is 6.26 Å². The van der Waals surface area contributed by atoms with Crippen molar-refractivity contribution in [3.8, 4) is 5.75 Å². The van der Waals surface area contributed by atoms with Gasteiger partial charge in [-0.3, -0.25) is 4.99 Å². The van der Waals surface area contributed by atoms with E-state index in [1.54, 1.807) is 25.2 Å². The Morgan fingerprint density at radius 1 is 1.07 bits per heavy atom. The van der Waals surface area contributed by atoms with E-state index in [4.69, 9.17) is 0 Å². The molecule has 3 rings (SSSR count). The van der Waals surface area contributed by atoms with Gasteiger partial charge in [0.1, 0.15) is 5.75 Å². The number of nitrogens with one attached hydrogen (secondary N) is 1. The molecule has 0 spiro atoms. The van der Waals surface area contributed by atoms with E-state index in [0.717, 1.165) is 49.8 Å². The zero-order chi connectivity index (χ0) is 20.9. The number of para-hydroxylation sites is 2. The van der Waals surface area contributed by atoms with E-state index in [-0.39, 0.29) is 0 Å². The molecule has 0 atom stereocenters. The van der Waals surface area contributed by atoms with Crippen LogP contribution in [0.25, 0.3) is 0 Å². The highest BCUT2D eigenvalue weighted by Gasteiger charge is 2.21. The average molecular weight is 417 g/mol. The zero-order valence-electron chi connectivity index (χ0n) is 16.9. The molecule has 0 bridgehead atoms. The SMILES string of the molecule is CN=C(NCCc1ccc(S(C)(=O)=O)cc1)N1CCN(c2ccccc2O)CC1. The molecule has 2 aromatic carbocycles. The van der Waals surface area contributed by atoms with Crippen LogP contribution in [0.3, 0.4) is 0 Å². The van der Waals surface area contributed by atoms with Gasteiger partial charge in [0.2, 0.25) is 0 Å². The van der Waals surface area contributed by atoms with Crippen LogP contribution in [-0.4, -0.2) is 70.4 Å². The summed E-state index contributed by atoms with van der Waals surface area (Å²) < 4.78 is 23.1. The molecule has 1 aliphatic heterocycles. The van der Waals surface area contributed by atoms with Crippen molar-refractivity contribution in [3.05, 3.63) is 54.1 Å². The van der Waals surface area contributed by atoms with Crippen molar-refractivity contribution in [2.24, 2.45) is 4.99 Å². The molecule has 1 saturated heterocycles. The van der Waals surface area contributed by atoms with Crippen LogP contribution in [0.5, 0.6) is 5.75 Å². The van der Waals surface area contributed by atoms with E-state index in [0.29, 0.717) is 17.2 Å². The summed E-state index contributed by atoms with van der Waals surface area (Å²) in [5.74, 6) is 1.17. The molecule has 8 heteroatoms. The first kappa shape index (κ1) is 21.0. The molecule has 0 saturated carbocycles. The van der Waals surface area contributed by atoms with E-state index < -0.39 is 9.84 Å². The Balaban J connectivity index is 1.49. The van der Waals surface area contributed by atoms with Crippen LogP contribution < -0.4 is 10.2 Å². The number of hydrogen-bond donors (Lipinski definition) is 2. The Hall–Kier alpha value is -2.74. The number of benzene rings is 2. The normalized spacial score (nSPS) is 15.4. The predicted octanol–water partition coefficient (Wildman–Crippen LogP) is 1.74. The number of sulfone groups is 1. The van der Waals surface area contributed by atoms with Crippen molar-refractivity contribution in [2.45, 2.75) is 11.3 Å². The van der Waals surface area contributed by atoms with Gasteiger partial charge in [-0.1, -0.05) is 24.3 Å². The predicted molar refractivity (Wildman–Crippen MR) is 117 cm³/mol. The highest BCUT2D eigenvalue weighted by atomic mass is 32.2. The molecule has 29 heavy (non-hydrogen) atoms. The monoisotopic (exact) mass is 416 g/mol. The second kappa shape index (κ2) is 9.17. The molecule has 156 valence electrons. The van der Waals surface area contributed by atoms with Gasteiger partial charge in [0.25, 0.3) is 0 Å². The lowest BCUT2D eigenvalue weighted by molar-refractivity contribution is 0.370. The van der Waals surface area contributed by atoms with Crippen molar-refractivity contribution < 1.29 is 13.5 Å². The quantitative estimate of drug-likeness (QED) is 0.570. The average Bonchev–Trinajstić information content (AvgIpc) is 2.72. The van der Waals surface area contributed by atoms with E-state index >= 15 is 0 Å². The Labute approximate surface area is 172 Å². The van der Waals surface area contributed by atoms with Crippen LogP contribution in [0.15, 0.2) is 58.4 Å². The molecule has 2 aromatic rings. The number of phenols is 1. The van der Waals surface area contributed by atoms with Crippen LogP contribution >= 0.6 is 0 Å². The Kier molecular flexibility index (Phi) is 6.64. The van der Waals surface area contributed by atoms with Crippen molar-refractivity contribution in [3.63, 3.8) is 0 Å². The van der Waals surface area contributed by atoms with Gasteiger partial charge in [0.15, 0.2) is 15.8 Å². The number of anilines is 1. The van der Waals surface area contributed by atoms with Gasteiger partial charge < -0.3 is 20.2 Å². The molecule has 1 aliphatic rings. The largest absolute Gasteiger partial charge is 0.506 e. The summed E-state index contributed by atoms with van der Waals surface area (Å²) in [5.41, 5.74) is 1.94. The van der Waals surface area contributed by atoms with Gasteiger partial charge in [-0.05, 0) is 36.2 Å². The number of nitrogens with zero attached hydrogens (tertiary/aromatic N) is 3. The lowest BCUT2D eigenvalue weighted by Crippen LogP contribution is -2.52. The van der Waals surface area contributed by atoms with Crippen LogP contribution in [-0.2, 0) is 16.3 Å². The van der Waals surface area contributed by atoms with E-state index in [9.17, 15) is 13.5 Å². The summed E-state index contributed by atoms with van der Waals surface area (Å²) in [7, 11) is -1.38. The summed E-state index contributed by atoms with van der Waals surface area (Å²) in [4.78, 5) is 9.12. The fourth-order valence-corrected chi connectivity index (χ4v) is 4.08. The number of phenolic OH excluding ortho intramolecular Hbond substituents is 1. The van der Waals surface area contributed by atoms with E-state index in [2.05, 4.69) is 20.1 Å². The van der Waals surface area contributed by atoms with Gasteiger partial charge in [-0.25, -0.2) is 8.42 Å². The fourth-order valence-electron chi connectivity index (χ4n) is 3.44. The third kappa shape index (κ3) is 5.41. The lowest BCUT2D eigenvalue weighted by Gasteiger charge is -2.37. The van der Waals surface area contributed by atoms with Gasteiger partial charge >= 0.3 is 0 Å². The lowest BCUT2D eigenvalue weighted by atomic mass is 10.1. The molecule has 1 fully saturated rings. The summed E-state index contributed by atoms with van der Waals surface area (Å²) in [6, 6.07) is 14.4. The summed E-state index contributed by atoms with van der Waals surface area (Å²) in [6.07, 6.45) is 1.99. The summed E-state index contributed by atoms with van der Waals surface area (Å²) in [6.45, 7) is 3.97. The van der Waals surface area contributed by atoms with Crippen molar-refractivity contribution in [1.29, 1.82) is 0 Å². The highest BCUT2D eigenvalue weighted by molar-refractivity contribution is 7.90. The Morgan fingerprint density at radius 2 is 1.72 bits per heavy atom. The zero-order valence-corrected chi connectivity index (χ0v) is 17.7.